The van der Waals surface area contributed by atoms with Crippen molar-refractivity contribution in [3.8, 4) is 5.75 Å². The Morgan fingerprint density at radius 2 is 1.71 bits per heavy atom. The standard InChI is InChI=1S/C31H38N2O2/c1-22-18-27-12-16-33(31(34)30(27)19-23(22)2)17-13-28-6-4-5-14-32(28)15-11-24-7-8-26-21-29(35-3)10-9-25(26)20-24/h7-10,18-21,28H,4-6,11-17H2,1-3H3. The molecular weight excluding hydrogens is 432 g/mol. The highest BCUT2D eigenvalue weighted by Crippen LogP contribution is 2.26. The van der Waals surface area contributed by atoms with E-state index in [1.807, 2.05) is 6.07 Å². The number of rotatable bonds is 7. The normalized spacial score (nSPS) is 18.7. The van der Waals surface area contributed by atoms with Crippen LogP contribution < -0.4 is 4.74 Å². The largest absolute Gasteiger partial charge is 0.497 e. The zero-order chi connectivity index (χ0) is 24.4. The van der Waals surface area contributed by atoms with Gasteiger partial charge in [-0.25, -0.2) is 0 Å². The van der Waals surface area contributed by atoms with Gasteiger partial charge in [0.1, 0.15) is 5.75 Å². The molecule has 2 aliphatic heterocycles. The fourth-order valence-electron chi connectivity index (χ4n) is 5.84. The SMILES string of the molecule is COc1ccc2cc(CCN3CCCCC3CCN3CCc4cc(C)c(C)cc4C3=O)ccc2c1. The molecule has 4 nitrogen and oxygen atoms in total. The Hall–Kier alpha value is -2.85. The molecule has 5 rings (SSSR count). The molecular formula is C31H38N2O2. The van der Waals surface area contributed by atoms with Gasteiger partial charge >= 0.3 is 0 Å². The summed E-state index contributed by atoms with van der Waals surface area (Å²) in [6.45, 7) is 8.21. The Morgan fingerprint density at radius 1 is 0.914 bits per heavy atom. The van der Waals surface area contributed by atoms with Gasteiger partial charge < -0.3 is 9.64 Å². The molecule has 3 aromatic carbocycles. The molecule has 1 unspecified atom stereocenters. The fourth-order valence-corrected chi connectivity index (χ4v) is 5.84. The Labute approximate surface area is 209 Å². The number of benzene rings is 3. The maximum Gasteiger partial charge on any atom is 0.254 e. The lowest BCUT2D eigenvalue weighted by atomic mass is 9.93. The van der Waals surface area contributed by atoms with Crippen molar-refractivity contribution in [1.29, 1.82) is 0 Å². The van der Waals surface area contributed by atoms with E-state index < -0.39 is 0 Å². The van der Waals surface area contributed by atoms with Crippen LogP contribution in [0.15, 0.2) is 48.5 Å². The van der Waals surface area contributed by atoms with Crippen LogP contribution in [-0.4, -0.2) is 55.0 Å². The quantitative estimate of drug-likeness (QED) is 0.428. The molecule has 0 radical (unpaired) electrons. The third-order valence-electron chi connectivity index (χ3n) is 8.17. The first-order valence-electron chi connectivity index (χ1n) is 13.2. The lowest BCUT2D eigenvalue weighted by molar-refractivity contribution is 0.0698. The van der Waals surface area contributed by atoms with Gasteiger partial charge in [-0.05, 0) is 104 Å². The van der Waals surface area contributed by atoms with E-state index in [-0.39, 0.29) is 5.91 Å². The molecule has 0 aromatic heterocycles. The van der Waals surface area contributed by atoms with Crippen LogP contribution in [0.1, 0.15) is 58.3 Å². The van der Waals surface area contributed by atoms with E-state index in [4.69, 9.17) is 4.74 Å². The molecule has 4 heteroatoms. The predicted molar refractivity (Wildman–Crippen MR) is 144 cm³/mol. The maximum absolute atomic E-state index is 13.2. The Kier molecular flexibility index (Phi) is 7.10. The van der Waals surface area contributed by atoms with Crippen LogP contribution in [0.5, 0.6) is 5.75 Å². The van der Waals surface area contributed by atoms with Crippen LogP contribution in [0.3, 0.4) is 0 Å². The Balaban J connectivity index is 1.20. The number of ether oxygens (including phenoxy) is 1. The molecule has 35 heavy (non-hydrogen) atoms. The monoisotopic (exact) mass is 470 g/mol. The highest BCUT2D eigenvalue weighted by molar-refractivity contribution is 5.97. The van der Waals surface area contributed by atoms with Crippen LogP contribution in [0.4, 0.5) is 0 Å². The second-order valence-corrected chi connectivity index (χ2v) is 10.4. The minimum atomic E-state index is 0.226. The second-order valence-electron chi connectivity index (χ2n) is 10.4. The number of methoxy groups -OCH3 is 1. The number of hydrogen-bond acceptors (Lipinski definition) is 3. The molecule has 3 aromatic rings. The van der Waals surface area contributed by atoms with Gasteiger partial charge in [0.05, 0.1) is 7.11 Å². The van der Waals surface area contributed by atoms with Crippen molar-refractivity contribution < 1.29 is 9.53 Å². The summed E-state index contributed by atoms with van der Waals surface area (Å²) in [5, 5.41) is 2.50. The van der Waals surface area contributed by atoms with Gasteiger partial charge in [0, 0.05) is 31.2 Å². The molecule has 2 aliphatic rings. The Bertz CT molecular complexity index is 1220. The number of nitrogens with zero attached hydrogens (tertiary/aromatic N) is 2. The maximum atomic E-state index is 13.2. The third-order valence-corrected chi connectivity index (χ3v) is 8.17. The van der Waals surface area contributed by atoms with E-state index in [0.29, 0.717) is 6.04 Å². The average molecular weight is 471 g/mol. The first-order valence-corrected chi connectivity index (χ1v) is 13.2. The summed E-state index contributed by atoms with van der Waals surface area (Å²) in [4.78, 5) is 18.0. The van der Waals surface area contributed by atoms with Gasteiger partial charge in [-0.2, -0.15) is 0 Å². The molecule has 0 spiro atoms. The lowest BCUT2D eigenvalue weighted by Crippen LogP contribution is -2.44. The number of hydrogen-bond donors (Lipinski definition) is 0. The van der Waals surface area contributed by atoms with Gasteiger partial charge in [0.25, 0.3) is 5.91 Å². The zero-order valence-electron chi connectivity index (χ0n) is 21.5. The van der Waals surface area contributed by atoms with Crippen molar-refractivity contribution in [2.45, 2.75) is 58.4 Å². The predicted octanol–water partition coefficient (Wildman–Crippen LogP) is 5.95. The van der Waals surface area contributed by atoms with Gasteiger partial charge in [-0.3, -0.25) is 9.69 Å². The number of amides is 1. The van der Waals surface area contributed by atoms with Crippen molar-refractivity contribution in [2.75, 3.05) is 33.3 Å². The summed E-state index contributed by atoms with van der Waals surface area (Å²) < 4.78 is 5.36. The Morgan fingerprint density at radius 3 is 2.57 bits per heavy atom. The van der Waals surface area contributed by atoms with Crippen LogP contribution in [-0.2, 0) is 12.8 Å². The number of carbonyl (C=O) groups excluding carboxylic acids is 1. The first kappa shape index (κ1) is 23.9. The van der Waals surface area contributed by atoms with Gasteiger partial charge in [0.2, 0.25) is 0 Å². The van der Waals surface area contributed by atoms with Crippen LogP contribution in [0.25, 0.3) is 10.8 Å². The number of likely N-dealkylation sites (tertiary alicyclic amines) is 1. The smallest absolute Gasteiger partial charge is 0.254 e. The summed E-state index contributed by atoms with van der Waals surface area (Å²) in [6.07, 6.45) is 6.94. The molecule has 2 heterocycles. The van der Waals surface area contributed by atoms with Gasteiger partial charge in [-0.15, -0.1) is 0 Å². The summed E-state index contributed by atoms with van der Waals surface area (Å²) >= 11 is 0. The van der Waals surface area contributed by atoms with Crippen molar-refractivity contribution >= 4 is 16.7 Å². The van der Waals surface area contributed by atoms with Crippen LogP contribution in [0.2, 0.25) is 0 Å². The van der Waals surface area contributed by atoms with E-state index in [2.05, 4.69) is 66.1 Å². The fraction of sp³-hybridized carbons (Fsp3) is 0.452. The molecule has 0 N–H and O–H groups in total. The van der Waals surface area contributed by atoms with Gasteiger partial charge in [0.15, 0.2) is 0 Å². The topological polar surface area (TPSA) is 32.8 Å². The molecule has 1 fully saturated rings. The summed E-state index contributed by atoms with van der Waals surface area (Å²) in [5.74, 6) is 1.13. The minimum Gasteiger partial charge on any atom is -0.497 e. The van der Waals surface area contributed by atoms with Crippen LogP contribution in [0, 0.1) is 13.8 Å². The molecule has 1 atom stereocenters. The van der Waals surface area contributed by atoms with E-state index >= 15 is 0 Å². The molecule has 184 valence electrons. The molecule has 0 aliphatic carbocycles. The second kappa shape index (κ2) is 10.4. The van der Waals surface area contributed by atoms with Crippen LogP contribution >= 0.6 is 0 Å². The summed E-state index contributed by atoms with van der Waals surface area (Å²) in [6, 6.07) is 18.0. The molecule has 1 amide bonds. The van der Waals surface area contributed by atoms with Crippen molar-refractivity contribution in [2.24, 2.45) is 0 Å². The first-order chi connectivity index (χ1) is 17.0. The summed E-state index contributed by atoms with van der Waals surface area (Å²) in [7, 11) is 1.71. The number of piperidine rings is 1. The highest BCUT2D eigenvalue weighted by Gasteiger charge is 2.27. The number of carbonyl (C=O) groups is 1. The zero-order valence-corrected chi connectivity index (χ0v) is 21.5. The molecule has 1 saturated heterocycles. The number of fused-ring (bicyclic) bond motifs is 2. The summed E-state index contributed by atoms with van der Waals surface area (Å²) in [5.41, 5.74) is 6.04. The van der Waals surface area contributed by atoms with Crippen molar-refractivity contribution in [1.82, 2.24) is 9.80 Å². The van der Waals surface area contributed by atoms with E-state index in [9.17, 15) is 4.79 Å². The van der Waals surface area contributed by atoms with Crippen molar-refractivity contribution in [3.63, 3.8) is 0 Å². The van der Waals surface area contributed by atoms with E-state index in [0.717, 1.165) is 50.2 Å². The molecule has 0 saturated carbocycles. The van der Waals surface area contributed by atoms with Gasteiger partial charge in [-0.1, -0.05) is 36.8 Å². The minimum absolute atomic E-state index is 0.226. The third kappa shape index (κ3) is 5.23. The lowest BCUT2D eigenvalue weighted by Gasteiger charge is -2.38. The highest BCUT2D eigenvalue weighted by atomic mass is 16.5. The average Bonchev–Trinajstić information content (AvgIpc) is 2.88. The molecule has 0 bridgehead atoms. The van der Waals surface area contributed by atoms with E-state index in [1.165, 1.54) is 58.8 Å². The van der Waals surface area contributed by atoms with E-state index in [1.54, 1.807) is 7.11 Å². The number of aryl methyl sites for hydroxylation is 2. The van der Waals surface area contributed by atoms with Crippen molar-refractivity contribution in [3.05, 3.63) is 76.3 Å².